The number of nitrogens with two attached hydrogens (primary N) is 1. The lowest BCUT2D eigenvalue weighted by molar-refractivity contribution is 0.319. The summed E-state index contributed by atoms with van der Waals surface area (Å²) < 4.78 is 5.36. The van der Waals surface area contributed by atoms with Crippen molar-refractivity contribution in [1.29, 1.82) is 5.26 Å². The molecule has 0 saturated carbocycles. The van der Waals surface area contributed by atoms with Crippen molar-refractivity contribution in [2.45, 2.75) is 12.8 Å². The zero-order chi connectivity index (χ0) is 13.8. The molecule has 1 aromatic carbocycles. The molecule has 1 aromatic rings. The lowest BCUT2D eigenvalue weighted by atomic mass is 9.93. The summed E-state index contributed by atoms with van der Waals surface area (Å²) in [6.07, 6.45) is 0. The van der Waals surface area contributed by atoms with Gasteiger partial charge in [-0.05, 0) is 24.6 Å². The van der Waals surface area contributed by atoms with Gasteiger partial charge >= 0.3 is 0 Å². The van der Waals surface area contributed by atoms with Gasteiger partial charge in [-0.2, -0.15) is 5.26 Å². The van der Waals surface area contributed by atoms with Crippen LogP contribution < -0.4 is 10.5 Å². The zero-order valence-corrected chi connectivity index (χ0v) is 11.1. The van der Waals surface area contributed by atoms with E-state index in [0.717, 1.165) is 23.1 Å². The minimum Gasteiger partial charge on any atom is -0.494 e. The number of allylic oxidation sites excluding steroid dienone is 1. The summed E-state index contributed by atoms with van der Waals surface area (Å²) in [6.45, 7) is 2.51. The molecule has 98 valence electrons. The minimum atomic E-state index is -0.393. The van der Waals surface area contributed by atoms with Crippen LogP contribution in [0.3, 0.4) is 0 Å². The van der Waals surface area contributed by atoms with Crippen molar-refractivity contribution < 1.29 is 9.94 Å². The Morgan fingerprint density at radius 1 is 1.47 bits per heavy atom. The number of rotatable bonds is 3. The molecule has 0 aromatic heterocycles. The van der Waals surface area contributed by atoms with E-state index in [0.29, 0.717) is 22.3 Å². The standard InChI is InChI=1S/C13H13N3O2S/c1-2-18-9-5-3-8(4-6-9)11-10(7-14)12(15)19-13(11)16-17/h3-6,11,17H,2,15H2,1H3/b16-13+/t11-/m0/s1. The number of nitriles is 1. The van der Waals surface area contributed by atoms with Crippen molar-refractivity contribution in [3.63, 3.8) is 0 Å². The molecular weight excluding hydrogens is 262 g/mol. The maximum Gasteiger partial charge on any atom is 0.131 e. The fourth-order valence-electron chi connectivity index (χ4n) is 1.92. The van der Waals surface area contributed by atoms with Crippen molar-refractivity contribution in [3.8, 4) is 11.8 Å². The van der Waals surface area contributed by atoms with E-state index in [1.165, 1.54) is 0 Å². The number of benzene rings is 1. The van der Waals surface area contributed by atoms with Crippen LogP contribution in [0.25, 0.3) is 0 Å². The molecule has 0 aliphatic carbocycles. The largest absolute Gasteiger partial charge is 0.494 e. The van der Waals surface area contributed by atoms with Crippen molar-refractivity contribution in [3.05, 3.63) is 40.4 Å². The summed E-state index contributed by atoms with van der Waals surface area (Å²) in [6, 6.07) is 9.41. The molecule has 19 heavy (non-hydrogen) atoms. The Bertz CT molecular complexity index is 573. The number of nitrogens with zero attached hydrogens (tertiary/aromatic N) is 2. The Labute approximate surface area is 115 Å². The third-order valence-electron chi connectivity index (χ3n) is 2.76. The molecule has 0 saturated heterocycles. The van der Waals surface area contributed by atoms with Crippen LogP contribution in [0.4, 0.5) is 0 Å². The highest BCUT2D eigenvalue weighted by Crippen LogP contribution is 2.41. The number of hydrogen-bond acceptors (Lipinski definition) is 6. The van der Waals surface area contributed by atoms with Crippen LogP contribution in [0.1, 0.15) is 18.4 Å². The van der Waals surface area contributed by atoms with Crippen molar-refractivity contribution >= 4 is 16.8 Å². The first-order valence-electron chi connectivity index (χ1n) is 5.73. The van der Waals surface area contributed by atoms with Crippen LogP contribution in [0, 0.1) is 11.3 Å². The average Bonchev–Trinajstić information content (AvgIpc) is 2.76. The Morgan fingerprint density at radius 3 is 2.68 bits per heavy atom. The monoisotopic (exact) mass is 275 g/mol. The van der Waals surface area contributed by atoms with Crippen LogP contribution >= 0.6 is 11.8 Å². The van der Waals surface area contributed by atoms with E-state index in [9.17, 15) is 0 Å². The Morgan fingerprint density at radius 2 is 2.16 bits per heavy atom. The first kappa shape index (κ1) is 13.3. The second-order valence-corrected chi connectivity index (χ2v) is 4.93. The second kappa shape index (κ2) is 5.67. The molecule has 2 rings (SSSR count). The van der Waals surface area contributed by atoms with Gasteiger partial charge in [-0.25, -0.2) is 0 Å². The fraction of sp³-hybridized carbons (Fsp3) is 0.231. The lowest BCUT2D eigenvalue weighted by Crippen LogP contribution is -2.07. The maximum atomic E-state index is 9.16. The Balaban J connectivity index is 2.36. The van der Waals surface area contributed by atoms with Gasteiger partial charge in [0.2, 0.25) is 0 Å². The van der Waals surface area contributed by atoms with Crippen LogP contribution in [0.5, 0.6) is 5.75 Å². The van der Waals surface area contributed by atoms with E-state index >= 15 is 0 Å². The smallest absolute Gasteiger partial charge is 0.131 e. The predicted molar refractivity (Wildman–Crippen MR) is 74.0 cm³/mol. The van der Waals surface area contributed by atoms with E-state index in [2.05, 4.69) is 11.2 Å². The molecular formula is C13H13N3O2S. The topological polar surface area (TPSA) is 91.6 Å². The highest BCUT2D eigenvalue weighted by molar-refractivity contribution is 8.17. The van der Waals surface area contributed by atoms with Crippen molar-refractivity contribution in [1.82, 2.24) is 0 Å². The molecule has 6 heteroatoms. The first-order chi connectivity index (χ1) is 9.21. The van der Waals surface area contributed by atoms with E-state index in [1.54, 1.807) is 0 Å². The van der Waals surface area contributed by atoms with Gasteiger partial charge in [0, 0.05) is 0 Å². The third kappa shape index (κ3) is 2.51. The first-order valence-corrected chi connectivity index (χ1v) is 6.55. The van der Waals surface area contributed by atoms with Gasteiger partial charge in [0.15, 0.2) is 0 Å². The molecule has 1 aliphatic heterocycles. The number of oxime groups is 1. The lowest BCUT2D eigenvalue weighted by Gasteiger charge is -2.11. The highest BCUT2D eigenvalue weighted by Gasteiger charge is 2.33. The summed E-state index contributed by atoms with van der Waals surface area (Å²) in [5.74, 6) is 0.366. The fourth-order valence-corrected chi connectivity index (χ4v) is 2.83. The molecule has 0 bridgehead atoms. The van der Waals surface area contributed by atoms with Crippen LogP contribution in [-0.4, -0.2) is 16.9 Å². The van der Waals surface area contributed by atoms with E-state index < -0.39 is 5.92 Å². The van der Waals surface area contributed by atoms with Gasteiger partial charge in [-0.3, -0.25) is 0 Å². The molecule has 1 heterocycles. The number of thioether (sulfide) groups is 1. The maximum absolute atomic E-state index is 9.16. The molecule has 0 amide bonds. The summed E-state index contributed by atoms with van der Waals surface area (Å²) in [4.78, 5) is 0. The summed E-state index contributed by atoms with van der Waals surface area (Å²) >= 11 is 1.12. The third-order valence-corrected chi connectivity index (χ3v) is 3.73. The van der Waals surface area contributed by atoms with E-state index in [1.807, 2.05) is 31.2 Å². The quantitative estimate of drug-likeness (QED) is 0.652. The van der Waals surface area contributed by atoms with Crippen LogP contribution in [-0.2, 0) is 0 Å². The number of hydrogen-bond donors (Lipinski definition) is 2. The van der Waals surface area contributed by atoms with E-state index in [4.69, 9.17) is 20.9 Å². The molecule has 0 unspecified atom stereocenters. The average molecular weight is 275 g/mol. The van der Waals surface area contributed by atoms with E-state index in [-0.39, 0.29) is 0 Å². The molecule has 3 N–H and O–H groups in total. The van der Waals surface area contributed by atoms with Crippen LogP contribution in [0.2, 0.25) is 0 Å². The van der Waals surface area contributed by atoms with Gasteiger partial charge in [0.25, 0.3) is 0 Å². The minimum absolute atomic E-state index is 0.384. The summed E-state index contributed by atoms with van der Waals surface area (Å²) in [5, 5.41) is 22.2. The Hall–Kier alpha value is -2.13. The predicted octanol–water partition coefficient (Wildman–Crippen LogP) is 2.40. The molecule has 1 atom stereocenters. The number of ether oxygens (including phenoxy) is 1. The molecule has 5 nitrogen and oxygen atoms in total. The molecule has 0 radical (unpaired) electrons. The molecule has 0 fully saturated rings. The van der Waals surface area contributed by atoms with Gasteiger partial charge < -0.3 is 15.7 Å². The molecule has 0 spiro atoms. The van der Waals surface area contributed by atoms with Gasteiger partial charge in [-0.1, -0.05) is 29.1 Å². The zero-order valence-electron chi connectivity index (χ0n) is 10.3. The normalized spacial score (nSPS) is 20.6. The highest BCUT2D eigenvalue weighted by atomic mass is 32.2. The van der Waals surface area contributed by atoms with Gasteiger partial charge in [0.05, 0.1) is 29.2 Å². The SMILES string of the molecule is CCOc1ccc([C@H]2C(C#N)=C(N)S/C2=N/O)cc1. The summed E-state index contributed by atoms with van der Waals surface area (Å²) in [7, 11) is 0. The molecule has 1 aliphatic rings. The van der Waals surface area contributed by atoms with Crippen LogP contribution in [0.15, 0.2) is 40.0 Å². The van der Waals surface area contributed by atoms with Crippen molar-refractivity contribution in [2.75, 3.05) is 6.61 Å². The van der Waals surface area contributed by atoms with Gasteiger partial charge in [-0.15, -0.1) is 0 Å². The van der Waals surface area contributed by atoms with Crippen molar-refractivity contribution in [2.24, 2.45) is 10.9 Å². The summed E-state index contributed by atoms with van der Waals surface area (Å²) in [5.41, 5.74) is 7.03. The second-order valence-electron chi connectivity index (χ2n) is 3.87. The van der Waals surface area contributed by atoms with Gasteiger partial charge in [0.1, 0.15) is 10.8 Å². The Kier molecular flexibility index (Phi) is 3.97.